The van der Waals surface area contributed by atoms with Gasteiger partial charge in [0.1, 0.15) is 17.3 Å². The number of hydrogen-bond acceptors (Lipinski definition) is 4. The Kier molecular flexibility index (Phi) is 5.86. The maximum Gasteiger partial charge on any atom is 0.253 e. The molecule has 2 heterocycles. The molecule has 0 radical (unpaired) electrons. The number of carbonyl (C=O) groups is 2. The maximum atomic E-state index is 13.3. The van der Waals surface area contributed by atoms with Crippen LogP contribution in [0.5, 0.6) is 11.5 Å². The van der Waals surface area contributed by atoms with Crippen molar-refractivity contribution in [3.8, 4) is 11.5 Å². The SMILES string of the molecule is COc1ccc2cc(OCC3(C4CCNC(=O)C4)CN(C(=O)c4ccc(F)cc4)C3)ccc2c1. The number of fused-ring (bicyclic) bond motifs is 1. The minimum atomic E-state index is -0.370. The molecule has 0 aliphatic carbocycles. The third kappa shape index (κ3) is 4.30. The van der Waals surface area contributed by atoms with Crippen LogP contribution >= 0.6 is 0 Å². The molecule has 1 N–H and O–H groups in total. The van der Waals surface area contributed by atoms with Crippen molar-refractivity contribution in [3.63, 3.8) is 0 Å². The molecule has 0 saturated carbocycles. The normalized spacial score (nSPS) is 19.3. The Bertz CT molecular complexity index is 1220. The van der Waals surface area contributed by atoms with E-state index >= 15 is 0 Å². The lowest BCUT2D eigenvalue weighted by atomic mass is 9.66. The number of rotatable bonds is 6. The molecule has 176 valence electrons. The Hall–Kier alpha value is -3.61. The topological polar surface area (TPSA) is 67.9 Å². The van der Waals surface area contributed by atoms with Gasteiger partial charge in [-0.05, 0) is 71.6 Å². The van der Waals surface area contributed by atoms with E-state index in [-0.39, 0.29) is 29.0 Å². The van der Waals surface area contributed by atoms with Crippen LogP contribution < -0.4 is 14.8 Å². The van der Waals surface area contributed by atoms with Crippen molar-refractivity contribution >= 4 is 22.6 Å². The lowest BCUT2D eigenvalue weighted by Gasteiger charge is -2.54. The molecule has 0 bridgehead atoms. The molecular weight excluding hydrogens is 435 g/mol. The second-order valence-corrected chi connectivity index (χ2v) is 9.23. The van der Waals surface area contributed by atoms with Gasteiger partial charge in [-0.25, -0.2) is 4.39 Å². The second kappa shape index (κ2) is 8.97. The third-order valence-electron chi connectivity index (χ3n) is 7.05. The van der Waals surface area contributed by atoms with Crippen LogP contribution in [0.3, 0.4) is 0 Å². The summed E-state index contributed by atoms with van der Waals surface area (Å²) in [5, 5.41) is 5.00. The fourth-order valence-electron chi connectivity index (χ4n) is 5.05. The number of benzene rings is 3. The molecule has 2 aliphatic heterocycles. The first-order valence-electron chi connectivity index (χ1n) is 11.5. The predicted molar refractivity (Wildman–Crippen MR) is 126 cm³/mol. The Morgan fingerprint density at radius 1 is 1.06 bits per heavy atom. The van der Waals surface area contributed by atoms with Gasteiger partial charge in [-0.3, -0.25) is 9.59 Å². The monoisotopic (exact) mass is 462 g/mol. The van der Waals surface area contributed by atoms with Crippen LogP contribution in [0.1, 0.15) is 23.2 Å². The van der Waals surface area contributed by atoms with E-state index in [9.17, 15) is 14.0 Å². The number of ether oxygens (including phenoxy) is 2. The van der Waals surface area contributed by atoms with Crippen molar-refractivity contribution in [2.24, 2.45) is 11.3 Å². The molecule has 2 amide bonds. The van der Waals surface area contributed by atoms with E-state index in [0.717, 1.165) is 28.7 Å². The van der Waals surface area contributed by atoms with Crippen LogP contribution in [0.25, 0.3) is 10.8 Å². The number of nitrogens with zero attached hydrogens (tertiary/aromatic N) is 1. The summed E-state index contributed by atoms with van der Waals surface area (Å²) < 4.78 is 24.8. The van der Waals surface area contributed by atoms with Crippen molar-refractivity contribution in [1.29, 1.82) is 0 Å². The van der Waals surface area contributed by atoms with E-state index in [0.29, 0.717) is 38.2 Å². The van der Waals surface area contributed by atoms with Crippen LogP contribution in [0.4, 0.5) is 4.39 Å². The molecule has 2 fully saturated rings. The van der Waals surface area contributed by atoms with E-state index in [4.69, 9.17) is 9.47 Å². The van der Waals surface area contributed by atoms with Gasteiger partial charge < -0.3 is 19.7 Å². The van der Waals surface area contributed by atoms with Crippen LogP contribution in [-0.2, 0) is 4.79 Å². The molecule has 7 heteroatoms. The van der Waals surface area contributed by atoms with Crippen molar-refractivity contribution in [1.82, 2.24) is 10.2 Å². The van der Waals surface area contributed by atoms with Crippen molar-refractivity contribution in [2.75, 3.05) is 33.4 Å². The van der Waals surface area contributed by atoms with Crippen molar-refractivity contribution in [3.05, 3.63) is 72.0 Å². The summed E-state index contributed by atoms with van der Waals surface area (Å²) in [4.78, 5) is 26.8. The zero-order valence-electron chi connectivity index (χ0n) is 19.1. The van der Waals surface area contributed by atoms with Gasteiger partial charge in [-0.1, -0.05) is 12.1 Å². The van der Waals surface area contributed by atoms with E-state index < -0.39 is 0 Å². The van der Waals surface area contributed by atoms with Gasteiger partial charge in [0, 0.05) is 37.0 Å². The molecule has 6 nitrogen and oxygen atoms in total. The minimum Gasteiger partial charge on any atom is -0.497 e. The lowest BCUT2D eigenvalue weighted by Crippen LogP contribution is -2.65. The van der Waals surface area contributed by atoms with Crippen LogP contribution in [0, 0.1) is 17.2 Å². The molecule has 1 unspecified atom stereocenters. The molecule has 3 aromatic rings. The smallest absolute Gasteiger partial charge is 0.253 e. The Balaban J connectivity index is 1.33. The highest BCUT2D eigenvalue weighted by Crippen LogP contribution is 2.43. The van der Waals surface area contributed by atoms with Gasteiger partial charge >= 0.3 is 0 Å². The van der Waals surface area contributed by atoms with E-state index in [2.05, 4.69) is 5.32 Å². The summed E-state index contributed by atoms with van der Waals surface area (Å²) in [5.41, 5.74) is 0.157. The number of amides is 2. The van der Waals surface area contributed by atoms with Crippen molar-refractivity contribution in [2.45, 2.75) is 12.8 Å². The van der Waals surface area contributed by atoms with Gasteiger partial charge in [-0.2, -0.15) is 0 Å². The fraction of sp³-hybridized carbons (Fsp3) is 0.333. The van der Waals surface area contributed by atoms with Gasteiger partial charge in [0.25, 0.3) is 5.91 Å². The van der Waals surface area contributed by atoms with E-state index in [1.165, 1.54) is 24.3 Å². The first-order chi connectivity index (χ1) is 16.5. The number of likely N-dealkylation sites (tertiary alicyclic amines) is 1. The molecular formula is C27H27FN2O4. The molecule has 34 heavy (non-hydrogen) atoms. The molecule has 2 aliphatic rings. The average Bonchev–Trinajstić information content (AvgIpc) is 2.83. The summed E-state index contributed by atoms with van der Waals surface area (Å²) in [6.45, 7) is 2.06. The van der Waals surface area contributed by atoms with Gasteiger partial charge in [0.2, 0.25) is 5.91 Å². The zero-order chi connectivity index (χ0) is 23.7. The summed E-state index contributed by atoms with van der Waals surface area (Å²) in [7, 11) is 1.65. The highest BCUT2D eigenvalue weighted by atomic mass is 19.1. The molecule has 3 aromatic carbocycles. The molecule has 5 rings (SSSR count). The summed E-state index contributed by atoms with van der Waals surface area (Å²) >= 11 is 0. The number of hydrogen-bond donors (Lipinski definition) is 1. The fourth-order valence-corrected chi connectivity index (χ4v) is 5.05. The number of piperidine rings is 1. The van der Waals surface area contributed by atoms with Crippen LogP contribution in [0.2, 0.25) is 0 Å². The quantitative estimate of drug-likeness (QED) is 0.601. The first-order valence-corrected chi connectivity index (χ1v) is 11.5. The number of methoxy groups -OCH3 is 1. The lowest BCUT2D eigenvalue weighted by molar-refractivity contribution is -0.129. The minimum absolute atomic E-state index is 0.0404. The van der Waals surface area contributed by atoms with Crippen molar-refractivity contribution < 1.29 is 23.5 Å². The number of nitrogens with one attached hydrogen (secondary N) is 1. The van der Waals surface area contributed by atoms with Gasteiger partial charge in [-0.15, -0.1) is 0 Å². The molecule has 0 spiro atoms. The molecule has 1 atom stereocenters. The summed E-state index contributed by atoms with van der Waals surface area (Å²) in [5.74, 6) is 1.22. The molecule has 0 aromatic heterocycles. The number of halogens is 1. The van der Waals surface area contributed by atoms with Crippen LogP contribution in [-0.4, -0.2) is 50.1 Å². The highest BCUT2D eigenvalue weighted by Gasteiger charge is 2.52. The highest BCUT2D eigenvalue weighted by molar-refractivity contribution is 5.95. The van der Waals surface area contributed by atoms with Gasteiger partial charge in [0.15, 0.2) is 0 Å². The Morgan fingerprint density at radius 3 is 2.41 bits per heavy atom. The summed E-state index contributed by atoms with van der Waals surface area (Å²) in [6, 6.07) is 17.4. The van der Waals surface area contributed by atoms with Gasteiger partial charge in [0.05, 0.1) is 13.7 Å². The predicted octanol–water partition coefficient (Wildman–Crippen LogP) is 4.03. The van der Waals surface area contributed by atoms with Crippen LogP contribution in [0.15, 0.2) is 60.7 Å². The molecule has 2 saturated heterocycles. The number of carbonyl (C=O) groups excluding carboxylic acids is 2. The standard InChI is InChI=1S/C27H27FN2O4/c1-33-23-8-4-20-13-24(9-5-19(20)12-23)34-17-27(21-10-11-29-25(31)14-21)15-30(16-27)26(32)18-2-6-22(28)7-3-18/h2-9,12-13,21H,10-11,14-17H2,1H3,(H,29,31). The first kappa shape index (κ1) is 22.2. The van der Waals surface area contributed by atoms with E-state index in [1.54, 1.807) is 12.0 Å². The summed E-state index contributed by atoms with van der Waals surface area (Å²) in [6.07, 6.45) is 1.28. The van der Waals surface area contributed by atoms with E-state index in [1.807, 2.05) is 36.4 Å². The second-order valence-electron chi connectivity index (χ2n) is 9.23. The zero-order valence-corrected chi connectivity index (χ0v) is 19.1. The average molecular weight is 463 g/mol. The third-order valence-corrected chi connectivity index (χ3v) is 7.05. The largest absolute Gasteiger partial charge is 0.497 e. The maximum absolute atomic E-state index is 13.3. The Labute approximate surface area is 197 Å². The Morgan fingerprint density at radius 2 is 1.74 bits per heavy atom.